The minimum Gasteiger partial charge on any atom is -0.497 e. The molecule has 0 amide bonds. The van der Waals surface area contributed by atoms with Crippen molar-refractivity contribution in [3.63, 3.8) is 0 Å². The molecule has 116 valence electrons. The van der Waals surface area contributed by atoms with Crippen molar-refractivity contribution in [1.82, 2.24) is 0 Å². The minimum atomic E-state index is -4.49. The Balaban J connectivity index is 2.52. The summed E-state index contributed by atoms with van der Waals surface area (Å²) in [5.74, 6) is -3.25. The number of rotatable bonds is 4. The molecule has 8 heteroatoms. The van der Waals surface area contributed by atoms with Crippen LogP contribution in [0.25, 0.3) is 0 Å². The molecular weight excluding hydrogens is 316 g/mol. The number of ether oxygens (including phenoxy) is 1. The van der Waals surface area contributed by atoms with Gasteiger partial charge < -0.3 is 4.74 Å². The van der Waals surface area contributed by atoms with E-state index in [4.69, 9.17) is 9.88 Å². The van der Waals surface area contributed by atoms with Crippen LogP contribution in [0, 0.1) is 11.6 Å². The third kappa shape index (κ3) is 3.12. The normalized spacial score (nSPS) is 11.3. The van der Waals surface area contributed by atoms with Crippen LogP contribution in [0.2, 0.25) is 0 Å². The largest absolute Gasteiger partial charge is 0.497 e. The molecular formula is C14H11F2NO4S. The predicted molar refractivity (Wildman–Crippen MR) is 74.2 cm³/mol. The van der Waals surface area contributed by atoms with E-state index in [1.165, 1.54) is 31.4 Å². The zero-order valence-electron chi connectivity index (χ0n) is 11.3. The van der Waals surface area contributed by atoms with E-state index in [0.717, 1.165) is 0 Å². The van der Waals surface area contributed by atoms with Gasteiger partial charge in [-0.05, 0) is 36.4 Å². The number of carbonyl (C=O) groups is 1. The first-order valence-electron chi connectivity index (χ1n) is 5.94. The summed E-state index contributed by atoms with van der Waals surface area (Å²) in [4.78, 5) is 11.2. The molecule has 2 N–H and O–H groups in total. The van der Waals surface area contributed by atoms with E-state index in [9.17, 15) is 22.0 Å². The maximum absolute atomic E-state index is 13.5. The molecule has 0 aliphatic carbocycles. The number of halogens is 2. The topological polar surface area (TPSA) is 86.5 Å². The first-order chi connectivity index (χ1) is 10.2. The van der Waals surface area contributed by atoms with Gasteiger partial charge in [-0.2, -0.15) is 0 Å². The molecule has 0 saturated heterocycles. The molecule has 0 unspecified atom stereocenters. The van der Waals surface area contributed by atoms with Gasteiger partial charge in [0.15, 0.2) is 17.4 Å². The SMILES string of the molecule is COc1ccc(C(=O)c2cc(F)c(F)c(S(N)(=O)=O)c2)cc1. The van der Waals surface area contributed by atoms with E-state index >= 15 is 0 Å². The van der Waals surface area contributed by atoms with E-state index in [2.05, 4.69) is 0 Å². The third-order valence-electron chi connectivity index (χ3n) is 2.92. The van der Waals surface area contributed by atoms with Gasteiger partial charge in [0.05, 0.1) is 7.11 Å². The molecule has 0 aliphatic rings. The van der Waals surface area contributed by atoms with Crippen LogP contribution in [0.4, 0.5) is 8.78 Å². The molecule has 2 aromatic carbocycles. The number of hydrogen-bond donors (Lipinski definition) is 1. The molecule has 0 bridgehead atoms. The Labute approximate surface area is 125 Å². The lowest BCUT2D eigenvalue weighted by Gasteiger charge is -2.07. The van der Waals surface area contributed by atoms with Crippen LogP contribution in [0.15, 0.2) is 41.3 Å². The van der Waals surface area contributed by atoms with Gasteiger partial charge in [0.1, 0.15) is 10.6 Å². The van der Waals surface area contributed by atoms with E-state index in [1.54, 1.807) is 0 Å². The molecule has 0 saturated carbocycles. The molecule has 0 atom stereocenters. The molecule has 0 aliphatic heterocycles. The van der Waals surface area contributed by atoms with Gasteiger partial charge in [-0.15, -0.1) is 0 Å². The molecule has 0 spiro atoms. The number of nitrogens with two attached hydrogens (primary N) is 1. The summed E-state index contributed by atoms with van der Waals surface area (Å²) in [7, 11) is -3.04. The van der Waals surface area contributed by atoms with Crippen molar-refractivity contribution in [2.24, 2.45) is 5.14 Å². The lowest BCUT2D eigenvalue weighted by molar-refractivity contribution is 0.103. The summed E-state index contributed by atoms with van der Waals surface area (Å²) >= 11 is 0. The number of sulfonamides is 1. The number of hydrogen-bond acceptors (Lipinski definition) is 4. The smallest absolute Gasteiger partial charge is 0.241 e. The fourth-order valence-corrected chi connectivity index (χ4v) is 2.45. The Morgan fingerprint density at radius 1 is 1.09 bits per heavy atom. The van der Waals surface area contributed by atoms with Gasteiger partial charge >= 0.3 is 0 Å². The number of ketones is 1. The van der Waals surface area contributed by atoms with Crippen LogP contribution in [0.3, 0.4) is 0 Å². The van der Waals surface area contributed by atoms with Gasteiger partial charge in [-0.1, -0.05) is 0 Å². The van der Waals surface area contributed by atoms with E-state index < -0.39 is 32.3 Å². The highest BCUT2D eigenvalue weighted by molar-refractivity contribution is 7.89. The standard InChI is InChI=1S/C14H11F2NO4S/c1-21-10-4-2-8(3-5-10)14(18)9-6-11(15)13(16)12(7-9)22(17,19)20/h2-7H,1H3,(H2,17,19,20). The van der Waals surface area contributed by atoms with Crippen molar-refractivity contribution >= 4 is 15.8 Å². The second-order valence-corrected chi connectivity index (χ2v) is 5.90. The fraction of sp³-hybridized carbons (Fsp3) is 0.0714. The Morgan fingerprint density at radius 2 is 1.68 bits per heavy atom. The highest BCUT2D eigenvalue weighted by Crippen LogP contribution is 2.21. The quantitative estimate of drug-likeness (QED) is 0.868. The zero-order chi connectivity index (χ0) is 16.5. The average molecular weight is 327 g/mol. The highest BCUT2D eigenvalue weighted by Gasteiger charge is 2.22. The van der Waals surface area contributed by atoms with Crippen molar-refractivity contribution in [3.05, 3.63) is 59.2 Å². The van der Waals surface area contributed by atoms with Crippen molar-refractivity contribution in [3.8, 4) is 5.75 Å². The van der Waals surface area contributed by atoms with Crippen molar-refractivity contribution in [2.75, 3.05) is 7.11 Å². The molecule has 0 radical (unpaired) electrons. The summed E-state index contributed by atoms with van der Waals surface area (Å²) in [5, 5.41) is 4.81. The zero-order valence-corrected chi connectivity index (χ0v) is 12.2. The monoisotopic (exact) mass is 327 g/mol. The Morgan fingerprint density at radius 3 is 2.18 bits per heavy atom. The fourth-order valence-electron chi connectivity index (χ4n) is 1.81. The Hall–Kier alpha value is -2.32. The van der Waals surface area contributed by atoms with Gasteiger partial charge in [0.25, 0.3) is 0 Å². The molecule has 5 nitrogen and oxygen atoms in total. The lowest BCUT2D eigenvalue weighted by Crippen LogP contribution is -2.16. The number of benzene rings is 2. The number of primary sulfonamides is 1. The lowest BCUT2D eigenvalue weighted by atomic mass is 10.0. The molecule has 22 heavy (non-hydrogen) atoms. The highest BCUT2D eigenvalue weighted by atomic mass is 32.2. The van der Waals surface area contributed by atoms with Crippen molar-refractivity contribution in [1.29, 1.82) is 0 Å². The van der Waals surface area contributed by atoms with Gasteiger partial charge in [0, 0.05) is 11.1 Å². The summed E-state index contributed by atoms with van der Waals surface area (Å²) < 4.78 is 54.4. The average Bonchev–Trinajstić information content (AvgIpc) is 2.48. The molecule has 0 fully saturated rings. The Kier molecular flexibility index (Phi) is 4.25. The predicted octanol–water partition coefficient (Wildman–Crippen LogP) is 1.85. The molecule has 0 heterocycles. The molecule has 0 aromatic heterocycles. The second kappa shape index (κ2) is 5.82. The van der Waals surface area contributed by atoms with E-state index in [1.807, 2.05) is 0 Å². The maximum atomic E-state index is 13.5. The van der Waals surface area contributed by atoms with E-state index in [-0.39, 0.29) is 11.1 Å². The second-order valence-electron chi connectivity index (χ2n) is 4.37. The summed E-state index contributed by atoms with van der Waals surface area (Å²) in [6.45, 7) is 0. The van der Waals surface area contributed by atoms with Gasteiger partial charge in [-0.3, -0.25) is 4.79 Å². The minimum absolute atomic E-state index is 0.159. The van der Waals surface area contributed by atoms with Crippen LogP contribution in [0.1, 0.15) is 15.9 Å². The van der Waals surface area contributed by atoms with Crippen molar-refractivity contribution in [2.45, 2.75) is 4.90 Å². The van der Waals surface area contributed by atoms with Crippen LogP contribution < -0.4 is 9.88 Å². The summed E-state index contributed by atoms with van der Waals surface area (Å²) in [5.41, 5.74) is -0.166. The Bertz CT molecular complexity index is 833. The maximum Gasteiger partial charge on any atom is 0.241 e. The van der Waals surface area contributed by atoms with E-state index in [0.29, 0.717) is 17.9 Å². The van der Waals surface area contributed by atoms with Gasteiger partial charge in [0.2, 0.25) is 10.0 Å². The molecule has 2 rings (SSSR count). The van der Waals surface area contributed by atoms with Crippen molar-refractivity contribution < 1.29 is 26.7 Å². The summed E-state index contributed by atoms with van der Waals surface area (Å²) in [6, 6.07) is 7.18. The van der Waals surface area contributed by atoms with Gasteiger partial charge in [-0.25, -0.2) is 22.3 Å². The van der Waals surface area contributed by atoms with Crippen LogP contribution >= 0.6 is 0 Å². The third-order valence-corrected chi connectivity index (χ3v) is 3.83. The first kappa shape index (κ1) is 16.1. The number of methoxy groups -OCH3 is 1. The molecule has 2 aromatic rings. The summed E-state index contributed by atoms with van der Waals surface area (Å²) in [6.07, 6.45) is 0. The first-order valence-corrected chi connectivity index (χ1v) is 7.49. The van der Waals surface area contributed by atoms with Crippen LogP contribution in [-0.4, -0.2) is 21.3 Å². The number of carbonyl (C=O) groups excluding carboxylic acids is 1. The van der Waals surface area contributed by atoms with Crippen LogP contribution in [0.5, 0.6) is 5.75 Å². The van der Waals surface area contributed by atoms with Crippen LogP contribution in [-0.2, 0) is 10.0 Å².